The highest BCUT2D eigenvalue weighted by Crippen LogP contribution is 2.27. The number of carbonyl (C=O) groups is 2. The summed E-state index contributed by atoms with van der Waals surface area (Å²) in [6.45, 7) is 1.92. The summed E-state index contributed by atoms with van der Waals surface area (Å²) < 4.78 is 6.01. The van der Waals surface area contributed by atoms with Gasteiger partial charge in [0.05, 0.1) is 4.47 Å². The van der Waals surface area contributed by atoms with E-state index in [0.29, 0.717) is 21.7 Å². The second-order valence-electron chi connectivity index (χ2n) is 5.58. The van der Waals surface area contributed by atoms with E-state index in [1.807, 2.05) is 0 Å². The first-order chi connectivity index (χ1) is 12.4. The van der Waals surface area contributed by atoms with Crippen LogP contribution in [-0.2, 0) is 9.59 Å². The number of hydrogen-bond acceptors (Lipinski definition) is 4. The molecule has 3 N–H and O–H groups in total. The van der Waals surface area contributed by atoms with Crippen molar-refractivity contribution in [2.24, 2.45) is 0 Å². The molecule has 0 aliphatic carbocycles. The Kier molecular flexibility index (Phi) is 11.2. The van der Waals surface area contributed by atoms with Crippen molar-refractivity contribution in [3.8, 4) is 5.75 Å². The minimum atomic E-state index is -0.442. The average molecular weight is 465 g/mol. The van der Waals surface area contributed by atoms with Gasteiger partial charge in [0.25, 0.3) is 5.91 Å². The van der Waals surface area contributed by atoms with Gasteiger partial charge >= 0.3 is 0 Å². The number of hydrazine groups is 1. The Hall–Kier alpha value is -1.38. The van der Waals surface area contributed by atoms with E-state index >= 15 is 0 Å². The molecule has 144 valence electrons. The molecule has 0 heterocycles. The van der Waals surface area contributed by atoms with E-state index in [0.717, 1.165) is 19.3 Å². The molecule has 26 heavy (non-hydrogen) atoms. The molecule has 0 bridgehead atoms. The molecular formula is C17H23BrClN3O3S. The maximum absolute atomic E-state index is 11.7. The molecule has 0 aliphatic rings. The van der Waals surface area contributed by atoms with Gasteiger partial charge in [-0.25, -0.2) is 0 Å². The average Bonchev–Trinajstić information content (AvgIpc) is 2.59. The van der Waals surface area contributed by atoms with Crippen molar-refractivity contribution in [2.45, 2.75) is 45.4 Å². The zero-order valence-corrected chi connectivity index (χ0v) is 17.7. The normalized spacial score (nSPS) is 10.1. The van der Waals surface area contributed by atoms with Crippen LogP contribution in [0.2, 0.25) is 5.02 Å². The molecule has 9 heteroatoms. The van der Waals surface area contributed by atoms with Crippen LogP contribution in [0.15, 0.2) is 22.7 Å². The van der Waals surface area contributed by atoms with E-state index < -0.39 is 5.91 Å². The molecule has 0 radical (unpaired) electrons. The number of benzene rings is 1. The monoisotopic (exact) mass is 463 g/mol. The third-order valence-electron chi connectivity index (χ3n) is 3.33. The van der Waals surface area contributed by atoms with Gasteiger partial charge in [0, 0.05) is 11.4 Å². The van der Waals surface area contributed by atoms with Gasteiger partial charge < -0.3 is 10.1 Å². The summed E-state index contributed by atoms with van der Waals surface area (Å²) in [5.41, 5.74) is 4.83. The first-order valence-corrected chi connectivity index (χ1v) is 9.96. The van der Waals surface area contributed by atoms with Crippen LogP contribution in [0.1, 0.15) is 45.4 Å². The lowest BCUT2D eigenvalue weighted by molar-refractivity contribution is -0.124. The van der Waals surface area contributed by atoms with E-state index in [-0.39, 0.29) is 17.6 Å². The van der Waals surface area contributed by atoms with Crippen LogP contribution in [0, 0.1) is 0 Å². The third kappa shape index (κ3) is 9.94. The van der Waals surface area contributed by atoms with E-state index in [2.05, 4.69) is 39.0 Å². The van der Waals surface area contributed by atoms with Crippen LogP contribution in [0.25, 0.3) is 0 Å². The second kappa shape index (κ2) is 12.9. The number of ether oxygens (including phenoxy) is 1. The zero-order chi connectivity index (χ0) is 19.4. The summed E-state index contributed by atoms with van der Waals surface area (Å²) in [5.74, 6) is -0.124. The molecule has 0 fully saturated rings. The first kappa shape index (κ1) is 22.7. The predicted octanol–water partition coefficient (Wildman–Crippen LogP) is 3.86. The van der Waals surface area contributed by atoms with E-state index in [4.69, 9.17) is 28.6 Å². The summed E-state index contributed by atoms with van der Waals surface area (Å²) in [5, 5.41) is 3.12. The maximum Gasteiger partial charge on any atom is 0.276 e. The molecule has 2 amide bonds. The largest absolute Gasteiger partial charge is 0.483 e. The van der Waals surface area contributed by atoms with Gasteiger partial charge in [0.15, 0.2) is 11.7 Å². The fourth-order valence-electron chi connectivity index (χ4n) is 2.01. The van der Waals surface area contributed by atoms with Gasteiger partial charge in [-0.15, -0.1) is 0 Å². The number of nitrogens with one attached hydrogen (secondary N) is 3. The van der Waals surface area contributed by atoms with Crippen molar-refractivity contribution in [3.05, 3.63) is 27.7 Å². The Balaban J connectivity index is 2.19. The Morgan fingerprint density at radius 1 is 1.15 bits per heavy atom. The van der Waals surface area contributed by atoms with Crippen molar-refractivity contribution in [1.82, 2.24) is 16.2 Å². The summed E-state index contributed by atoms with van der Waals surface area (Å²) >= 11 is 14.1. The fraction of sp³-hybridized carbons (Fsp3) is 0.471. The molecule has 0 unspecified atom stereocenters. The predicted molar refractivity (Wildman–Crippen MR) is 110 cm³/mol. The van der Waals surface area contributed by atoms with Crippen LogP contribution in [-0.4, -0.2) is 23.5 Å². The standard InChI is InChI=1S/C17H23BrClN3O3S/c1-2-3-4-5-6-7-15(23)20-17(26)22-21-16(24)11-25-14-9-8-12(19)10-13(14)18/h8-10H,2-7,11H2,1H3,(H,21,24)(H2,20,22,23,26). The minimum absolute atomic E-state index is 0.0459. The lowest BCUT2D eigenvalue weighted by atomic mass is 10.1. The Morgan fingerprint density at radius 3 is 2.58 bits per heavy atom. The van der Waals surface area contributed by atoms with E-state index in [1.54, 1.807) is 18.2 Å². The SMILES string of the molecule is CCCCCCCC(=O)NC(=S)NNC(=O)COc1ccc(Cl)cc1Br. The molecule has 0 saturated heterocycles. The summed E-state index contributed by atoms with van der Waals surface area (Å²) in [6, 6.07) is 4.98. The lowest BCUT2D eigenvalue weighted by Crippen LogP contribution is -2.49. The highest BCUT2D eigenvalue weighted by Gasteiger charge is 2.08. The van der Waals surface area contributed by atoms with Crippen LogP contribution in [0.5, 0.6) is 5.75 Å². The molecule has 1 aromatic carbocycles. The number of halogens is 2. The molecular weight excluding hydrogens is 442 g/mol. The van der Waals surface area contributed by atoms with Gasteiger partial charge in [0.2, 0.25) is 5.91 Å². The Labute approximate surface area is 172 Å². The number of amides is 2. The number of hydrogen-bond donors (Lipinski definition) is 3. The lowest BCUT2D eigenvalue weighted by Gasteiger charge is -2.12. The van der Waals surface area contributed by atoms with Crippen LogP contribution < -0.4 is 20.9 Å². The van der Waals surface area contributed by atoms with Crippen molar-refractivity contribution in [3.63, 3.8) is 0 Å². The molecule has 1 rings (SSSR count). The van der Waals surface area contributed by atoms with E-state index in [9.17, 15) is 9.59 Å². The van der Waals surface area contributed by atoms with Crippen molar-refractivity contribution in [2.75, 3.05) is 6.61 Å². The third-order valence-corrected chi connectivity index (χ3v) is 4.39. The molecule has 0 atom stereocenters. The molecule has 0 aromatic heterocycles. The molecule has 0 aliphatic heterocycles. The Morgan fingerprint density at radius 2 is 1.88 bits per heavy atom. The van der Waals surface area contributed by atoms with Crippen molar-refractivity contribution in [1.29, 1.82) is 0 Å². The number of carbonyl (C=O) groups excluding carboxylic acids is 2. The number of unbranched alkanes of at least 4 members (excludes halogenated alkanes) is 4. The highest BCUT2D eigenvalue weighted by atomic mass is 79.9. The molecule has 6 nitrogen and oxygen atoms in total. The second-order valence-corrected chi connectivity index (χ2v) is 7.28. The van der Waals surface area contributed by atoms with Gasteiger partial charge in [-0.05, 0) is 52.8 Å². The van der Waals surface area contributed by atoms with Crippen molar-refractivity contribution < 1.29 is 14.3 Å². The summed E-state index contributed by atoms with van der Waals surface area (Å²) in [6.07, 6.45) is 5.74. The zero-order valence-electron chi connectivity index (χ0n) is 14.6. The van der Waals surface area contributed by atoms with Gasteiger partial charge in [-0.1, -0.05) is 44.2 Å². The summed E-state index contributed by atoms with van der Waals surface area (Å²) in [4.78, 5) is 23.5. The minimum Gasteiger partial charge on any atom is -0.483 e. The topological polar surface area (TPSA) is 79.5 Å². The highest BCUT2D eigenvalue weighted by molar-refractivity contribution is 9.10. The van der Waals surface area contributed by atoms with Crippen molar-refractivity contribution >= 4 is 56.7 Å². The van der Waals surface area contributed by atoms with Gasteiger partial charge in [-0.3, -0.25) is 20.4 Å². The van der Waals surface area contributed by atoms with Crippen LogP contribution in [0.4, 0.5) is 0 Å². The first-order valence-electron chi connectivity index (χ1n) is 8.39. The van der Waals surface area contributed by atoms with Crippen LogP contribution in [0.3, 0.4) is 0 Å². The quantitative estimate of drug-likeness (QED) is 0.294. The smallest absolute Gasteiger partial charge is 0.276 e. The van der Waals surface area contributed by atoms with Crippen LogP contribution >= 0.6 is 39.7 Å². The fourth-order valence-corrected chi connectivity index (χ4v) is 2.97. The molecule has 1 aromatic rings. The molecule has 0 saturated carbocycles. The summed E-state index contributed by atoms with van der Waals surface area (Å²) in [7, 11) is 0. The molecule has 0 spiro atoms. The number of rotatable bonds is 9. The maximum atomic E-state index is 11.7. The van der Waals surface area contributed by atoms with Gasteiger partial charge in [-0.2, -0.15) is 0 Å². The van der Waals surface area contributed by atoms with Gasteiger partial charge in [0.1, 0.15) is 5.75 Å². The Bertz CT molecular complexity index is 631. The van der Waals surface area contributed by atoms with E-state index in [1.165, 1.54) is 12.8 Å². The number of thiocarbonyl (C=S) groups is 1.